The van der Waals surface area contributed by atoms with Gasteiger partial charge in [0, 0.05) is 5.25 Å². The van der Waals surface area contributed by atoms with Crippen LogP contribution < -0.4 is 5.73 Å². The molecular formula is C13H25NO2S. The summed E-state index contributed by atoms with van der Waals surface area (Å²) in [6, 6.07) is 0. The van der Waals surface area contributed by atoms with Gasteiger partial charge in [-0.1, -0.05) is 19.3 Å². The average molecular weight is 259 g/mol. The summed E-state index contributed by atoms with van der Waals surface area (Å²) in [5, 5.41) is 0.889. The highest BCUT2D eigenvalue weighted by Crippen LogP contribution is 2.30. The lowest BCUT2D eigenvalue weighted by Gasteiger charge is -2.21. The van der Waals surface area contributed by atoms with E-state index in [-0.39, 0.29) is 5.97 Å². The molecule has 100 valence electrons. The van der Waals surface area contributed by atoms with Crippen molar-refractivity contribution in [2.45, 2.75) is 62.7 Å². The number of esters is 1. The monoisotopic (exact) mass is 259 g/mol. The zero-order chi connectivity index (χ0) is 12.7. The normalized spacial score (nSPS) is 20.2. The molecule has 0 saturated heterocycles. The molecule has 0 bridgehead atoms. The number of hydrogen-bond donors (Lipinski definition) is 1. The van der Waals surface area contributed by atoms with E-state index >= 15 is 0 Å². The van der Waals surface area contributed by atoms with Crippen LogP contribution in [0.5, 0.6) is 0 Å². The molecule has 0 aromatic rings. The van der Waals surface area contributed by atoms with Gasteiger partial charge in [-0.15, -0.1) is 0 Å². The average Bonchev–Trinajstić information content (AvgIpc) is 2.80. The highest BCUT2D eigenvalue weighted by Gasteiger charge is 2.28. The maximum absolute atomic E-state index is 11.4. The fraction of sp³-hybridized carbons (Fsp3) is 0.923. The lowest BCUT2D eigenvalue weighted by molar-refractivity contribution is -0.146. The lowest BCUT2D eigenvalue weighted by atomic mass is 9.97. The Balaban J connectivity index is 2.04. The SMILES string of the molecule is COC(=O)C(C)(N)CCCCSC1CCCC1. The molecule has 2 N–H and O–H groups in total. The van der Waals surface area contributed by atoms with Crippen molar-refractivity contribution >= 4 is 17.7 Å². The Hall–Kier alpha value is -0.220. The molecule has 0 aromatic carbocycles. The fourth-order valence-corrected chi connectivity index (χ4v) is 3.61. The predicted octanol–water partition coefficient (Wildman–Crippen LogP) is 2.72. The van der Waals surface area contributed by atoms with Gasteiger partial charge in [0.1, 0.15) is 5.54 Å². The van der Waals surface area contributed by atoms with Gasteiger partial charge < -0.3 is 10.5 Å². The molecule has 0 aromatic heterocycles. The van der Waals surface area contributed by atoms with Gasteiger partial charge in [-0.05, 0) is 38.4 Å². The molecule has 0 radical (unpaired) electrons. The van der Waals surface area contributed by atoms with Crippen molar-refractivity contribution in [3.8, 4) is 0 Å². The van der Waals surface area contributed by atoms with Crippen LogP contribution in [0.2, 0.25) is 0 Å². The van der Waals surface area contributed by atoms with E-state index in [0.29, 0.717) is 6.42 Å². The molecule has 1 saturated carbocycles. The van der Waals surface area contributed by atoms with Crippen molar-refractivity contribution in [2.24, 2.45) is 5.73 Å². The quantitative estimate of drug-likeness (QED) is 0.564. The Morgan fingerprint density at radius 3 is 2.65 bits per heavy atom. The first-order chi connectivity index (χ1) is 8.06. The number of ether oxygens (including phenoxy) is 1. The predicted molar refractivity (Wildman–Crippen MR) is 73.2 cm³/mol. The molecule has 1 rings (SSSR count). The highest BCUT2D eigenvalue weighted by molar-refractivity contribution is 7.99. The Labute approximate surface area is 109 Å². The largest absolute Gasteiger partial charge is 0.468 e. The molecule has 4 heteroatoms. The second-order valence-electron chi connectivity index (χ2n) is 5.14. The van der Waals surface area contributed by atoms with Crippen molar-refractivity contribution in [1.29, 1.82) is 0 Å². The highest BCUT2D eigenvalue weighted by atomic mass is 32.2. The van der Waals surface area contributed by atoms with E-state index in [1.807, 2.05) is 0 Å². The molecule has 1 aliphatic rings. The van der Waals surface area contributed by atoms with Gasteiger partial charge in [0.15, 0.2) is 0 Å². The number of nitrogens with two attached hydrogens (primary N) is 1. The standard InChI is InChI=1S/C13H25NO2S/c1-13(14,12(15)16-2)9-5-6-10-17-11-7-3-4-8-11/h11H,3-10,14H2,1-2H3. The summed E-state index contributed by atoms with van der Waals surface area (Å²) in [6.45, 7) is 1.75. The van der Waals surface area contributed by atoms with Crippen LogP contribution in [0.4, 0.5) is 0 Å². The van der Waals surface area contributed by atoms with Gasteiger partial charge in [0.25, 0.3) is 0 Å². The summed E-state index contributed by atoms with van der Waals surface area (Å²) in [7, 11) is 1.39. The zero-order valence-electron chi connectivity index (χ0n) is 11.0. The summed E-state index contributed by atoms with van der Waals surface area (Å²) in [6.07, 6.45) is 8.45. The van der Waals surface area contributed by atoms with Gasteiger partial charge in [-0.3, -0.25) is 4.79 Å². The summed E-state index contributed by atoms with van der Waals surface area (Å²) >= 11 is 2.09. The van der Waals surface area contributed by atoms with Crippen LogP contribution in [-0.4, -0.2) is 29.6 Å². The van der Waals surface area contributed by atoms with Gasteiger partial charge in [-0.25, -0.2) is 0 Å². The summed E-state index contributed by atoms with van der Waals surface area (Å²) in [5.74, 6) is 0.892. The second kappa shape index (κ2) is 7.27. The van der Waals surface area contributed by atoms with Crippen LogP contribution in [0.1, 0.15) is 51.9 Å². The lowest BCUT2D eigenvalue weighted by Crippen LogP contribution is -2.45. The first-order valence-electron chi connectivity index (χ1n) is 6.55. The molecule has 3 nitrogen and oxygen atoms in total. The van der Waals surface area contributed by atoms with Crippen LogP contribution in [0, 0.1) is 0 Å². The molecule has 17 heavy (non-hydrogen) atoms. The summed E-state index contributed by atoms with van der Waals surface area (Å²) in [4.78, 5) is 11.4. The van der Waals surface area contributed by atoms with Gasteiger partial charge >= 0.3 is 5.97 Å². The van der Waals surface area contributed by atoms with Gasteiger partial charge in [0.05, 0.1) is 7.11 Å². The number of hydrogen-bond acceptors (Lipinski definition) is 4. The topological polar surface area (TPSA) is 52.3 Å². The first kappa shape index (κ1) is 14.8. The number of rotatable bonds is 7. The number of carbonyl (C=O) groups excluding carboxylic acids is 1. The molecular weight excluding hydrogens is 234 g/mol. The molecule has 0 amide bonds. The Kier molecular flexibility index (Phi) is 6.34. The number of methoxy groups -OCH3 is 1. The summed E-state index contributed by atoms with van der Waals surface area (Å²) in [5.41, 5.74) is 5.08. The third-order valence-electron chi connectivity index (χ3n) is 3.40. The minimum Gasteiger partial charge on any atom is -0.468 e. The van der Waals surface area contributed by atoms with Crippen molar-refractivity contribution in [2.75, 3.05) is 12.9 Å². The molecule has 0 spiro atoms. The van der Waals surface area contributed by atoms with Crippen molar-refractivity contribution < 1.29 is 9.53 Å². The molecule has 0 heterocycles. The van der Waals surface area contributed by atoms with Crippen LogP contribution in [-0.2, 0) is 9.53 Å². The van der Waals surface area contributed by atoms with Crippen molar-refractivity contribution in [3.63, 3.8) is 0 Å². The molecule has 0 aliphatic heterocycles. The maximum Gasteiger partial charge on any atom is 0.325 e. The Morgan fingerprint density at radius 2 is 2.06 bits per heavy atom. The third-order valence-corrected chi connectivity index (χ3v) is 4.87. The molecule has 1 fully saturated rings. The van der Waals surface area contributed by atoms with Crippen molar-refractivity contribution in [3.05, 3.63) is 0 Å². The maximum atomic E-state index is 11.4. The van der Waals surface area contributed by atoms with E-state index in [4.69, 9.17) is 5.73 Å². The zero-order valence-corrected chi connectivity index (χ0v) is 11.9. The minimum absolute atomic E-state index is 0.305. The molecule has 1 atom stereocenters. The third kappa shape index (κ3) is 5.30. The van der Waals surface area contributed by atoms with Crippen LogP contribution in [0.25, 0.3) is 0 Å². The van der Waals surface area contributed by atoms with E-state index in [1.165, 1.54) is 38.5 Å². The van der Waals surface area contributed by atoms with Crippen LogP contribution in [0.3, 0.4) is 0 Å². The number of unbranched alkanes of at least 4 members (excludes halogenated alkanes) is 1. The fourth-order valence-electron chi connectivity index (χ4n) is 2.23. The first-order valence-corrected chi connectivity index (χ1v) is 7.60. The second-order valence-corrected chi connectivity index (χ2v) is 6.55. The Bertz CT molecular complexity index is 238. The molecule has 1 aliphatic carbocycles. The number of thioether (sulfide) groups is 1. The van der Waals surface area contributed by atoms with Gasteiger partial charge in [-0.2, -0.15) is 11.8 Å². The van der Waals surface area contributed by atoms with Crippen molar-refractivity contribution in [1.82, 2.24) is 0 Å². The van der Waals surface area contributed by atoms with E-state index in [2.05, 4.69) is 16.5 Å². The summed E-state index contributed by atoms with van der Waals surface area (Å²) < 4.78 is 4.68. The van der Waals surface area contributed by atoms with Crippen LogP contribution >= 0.6 is 11.8 Å². The van der Waals surface area contributed by atoms with E-state index in [9.17, 15) is 4.79 Å². The van der Waals surface area contributed by atoms with E-state index in [0.717, 1.165) is 18.1 Å². The number of carbonyl (C=O) groups is 1. The minimum atomic E-state index is -0.813. The smallest absolute Gasteiger partial charge is 0.325 e. The van der Waals surface area contributed by atoms with E-state index in [1.54, 1.807) is 6.92 Å². The molecule has 1 unspecified atom stereocenters. The Morgan fingerprint density at radius 1 is 1.41 bits per heavy atom. The van der Waals surface area contributed by atoms with E-state index < -0.39 is 5.54 Å². The van der Waals surface area contributed by atoms with Gasteiger partial charge in [0.2, 0.25) is 0 Å². The van der Waals surface area contributed by atoms with Crippen LogP contribution in [0.15, 0.2) is 0 Å².